The van der Waals surface area contributed by atoms with E-state index in [-0.39, 0.29) is 23.2 Å². The Labute approximate surface area is 141 Å². The van der Waals surface area contributed by atoms with Gasteiger partial charge in [-0.1, -0.05) is 24.3 Å². The van der Waals surface area contributed by atoms with E-state index in [1.165, 1.54) is 36.4 Å². The zero-order chi connectivity index (χ0) is 18.1. The molecule has 0 radical (unpaired) electrons. The van der Waals surface area contributed by atoms with Crippen LogP contribution in [0.15, 0.2) is 48.5 Å². The molecular weight excluding hydrogens is 328 g/mol. The molecule has 0 spiro atoms. The summed E-state index contributed by atoms with van der Waals surface area (Å²) >= 11 is 0. The molecule has 1 aliphatic heterocycles. The van der Waals surface area contributed by atoms with Gasteiger partial charge >= 0.3 is 5.97 Å². The molecule has 1 heterocycles. The minimum atomic E-state index is -1.39. The first kappa shape index (κ1) is 16.3. The lowest BCUT2D eigenvalue weighted by atomic mass is 10.0. The number of nitro benzene ring substituents is 1. The molecule has 0 fully saturated rings. The number of amides is 2. The first-order chi connectivity index (χ1) is 11.9. The lowest BCUT2D eigenvalue weighted by molar-refractivity contribution is -0.384. The summed E-state index contributed by atoms with van der Waals surface area (Å²) in [6, 6.07) is 10.1. The summed E-state index contributed by atoms with van der Waals surface area (Å²) in [6.07, 6.45) is -0.140. The molecule has 8 heteroatoms. The highest BCUT2D eigenvalue weighted by molar-refractivity contribution is 6.22. The molecule has 0 aliphatic carbocycles. The van der Waals surface area contributed by atoms with Crippen LogP contribution in [0.2, 0.25) is 0 Å². The number of benzene rings is 2. The number of rotatable bonds is 5. The highest BCUT2D eigenvalue weighted by Crippen LogP contribution is 2.26. The van der Waals surface area contributed by atoms with Crippen molar-refractivity contribution >= 4 is 23.5 Å². The third-order valence-corrected chi connectivity index (χ3v) is 4.00. The van der Waals surface area contributed by atoms with Crippen molar-refractivity contribution in [1.82, 2.24) is 4.90 Å². The largest absolute Gasteiger partial charge is 0.480 e. The van der Waals surface area contributed by atoms with Crippen LogP contribution < -0.4 is 0 Å². The van der Waals surface area contributed by atoms with Gasteiger partial charge in [0.15, 0.2) is 0 Å². The lowest BCUT2D eigenvalue weighted by Crippen LogP contribution is -2.46. The van der Waals surface area contributed by atoms with Gasteiger partial charge in [0.25, 0.3) is 17.5 Å². The summed E-state index contributed by atoms with van der Waals surface area (Å²) < 4.78 is 0. The zero-order valence-electron chi connectivity index (χ0n) is 12.8. The molecule has 0 saturated heterocycles. The number of carbonyl (C=O) groups is 3. The fraction of sp³-hybridized carbons (Fsp3) is 0.118. The Morgan fingerprint density at radius 1 is 1.04 bits per heavy atom. The van der Waals surface area contributed by atoms with Gasteiger partial charge in [-0.3, -0.25) is 24.6 Å². The summed E-state index contributed by atoms with van der Waals surface area (Å²) in [6.45, 7) is 0. The van der Waals surface area contributed by atoms with Gasteiger partial charge in [0.2, 0.25) is 0 Å². The Morgan fingerprint density at radius 2 is 1.56 bits per heavy atom. The molecule has 126 valence electrons. The highest BCUT2D eigenvalue weighted by atomic mass is 16.6. The summed E-state index contributed by atoms with van der Waals surface area (Å²) in [7, 11) is 0. The predicted molar refractivity (Wildman–Crippen MR) is 85.2 cm³/mol. The van der Waals surface area contributed by atoms with Crippen LogP contribution in [0.25, 0.3) is 0 Å². The number of hydrogen-bond acceptors (Lipinski definition) is 5. The van der Waals surface area contributed by atoms with Crippen molar-refractivity contribution in [2.75, 3.05) is 0 Å². The molecule has 0 unspecified atom stereocenters. The van der Waals surface area contributed by atoms with Crippen molar-refractivity contribution in [3.8, 4) is 0 Å². The van der Waals surface area contributed by atoms with Crippen LogP contribution in [0.3, 0.4) is 0 Å². The van der Waals surface area contributed by atoms with Gasteiger partial charge in [0.05, 0.1) is 16.1 Å². The van der Waals surface area contributed by atoms with Crippen LogP contribution in [0.1, 0.15) is 26.3 Å². The van der Waals surface area contributed by atoms with E-state index in [2.05, 4.69) is 0 Å². The fourth-order valence-corrected chi connectivity index (χ4v) is 2.76. The van der Waals surface area contributed by atoms with Gasteiger partial charge in [-0.15, -0.1) is 0 Å². The average Bonchev–Trinajstić information content (AvgIpc) is 2.84. The van der Waals surface area contributed by atoms with Gasteiger partial charge < -0.3 is 5.11 Å². The lowest BCUT2D eigenvalue weighted by Gasteiger charge is -2.22. The number of fused-ring (bicyclic) bond motifs is 1. The number of carboxylic acid groups (broad SMARTS) is 1. The van der Waals surface area contributed by atoms with E-state index in [0.717, 1.165) is 4.90 Å². The maximum Gasteiger partial charge on any atom is 0.327 e. The number of aliphatic carboxylic acids is 1. The Morgan fingerprint density at radius 3 is 2.00 bits per heavy atom. The molecular formula is C17H12N2O6. The molecule has 2 amide bonds. The molecule has 0 aromatic heterocycles. The van der Waals surface area contributed by atoms with Crippen molar-refractivity contribution in [3.05, 3.63) is 75.3 Å². The average molecular weight is 340 g/mol. The summed E-state index contributed by atoms with van der Waals surface area (Å²) in [5.41, 5.74) is 0.677. The normalized spacial score (nSPS) is 14.3. The zero-order valence-corrected chi connectivity index (χ0v) is 12.8. The summed E-state index contributed by atoms with van der Waals surface area (Å²) in [5, 5.41) is 20.2. The summed E-state index contributed by atoms with van der Waals surface area (Å²) in [5.74, 6) is -2.64. The van der Waals surface area contributed by atoms with Crippen molar-refractivity contribution in [2.45, 2.75) is 12.5 Å². The predicted octanol–water partition coefficient (Wildman–Crippen LogP) is 1.89. The number of carbonyl (C=O) groups excluding carboxylic acids is 2. The number of nitro groups is 1. The second-order valence-corrected chi connectivity index (χ2v) is 5.51. The van der Waals surface area contributed by atoms with Crippen LogP contribution in [0.5, 0.6) is 0 Å². The van der Waals surface area contributed by atoms with Gasteiger partial charge in [-0.05, 0) is 17.7 Å². The van der Waals surface area contributed by atoms with E-state index in [4.69, 9.17) is 0 Å². The molecule has 1 atom stereocenters. The van der Waals surface area contributed by atoms with E-state index >= 15 is 0 Å². The topological polar surface area (TPSA) is 118 Å². The Balaban J connectivity index is 1.90. The van der Waals surface area contributed by atoms with Crippen molar-refractivity contribution < 1.29 is 24.4 Å². The van der Waals surface area contributed by atoms with E-state index in [9.17, 15) is 29.6 Å². The van der Waals surface area contributed by atoms with Gasteiger partial charge in [0, 0.05) is 18.6 Å². The maximum absolute atomic E-state index is 12.4. The van der Waals surface area contributed by atoms with Crippen molar-refractivity contribution in [2.24, 2.45) is 0 Å². The molecule has 2 aromatic rings. The molecule has 3 rings (SSSR count). The van der Waals surface area contributed by atoms with E-state index < -0.39 is 28.7 Å². The van der Waals surface area contributed by atoms with E-state index in [1.54, 1.807) is 12.1 Å². The van der Waals surface area contributed by atoms with Crippen LogP contribution in [0, 0.1) is 10.1 Å². The quantitative estimate of drug-likeness (QED) is 0.504. The molecule has 1 N–H and O–H groups in total. The monoisotopic (exact) mass is 340 g/mol. The smallest absolute Gasteiger partial charge is 0.327 e. The van der Waals surface area contributed by atoms with Crippen LogP contribution in [-0.2, 0) is 11.2 Å². The first-order valence-electron chi connectivity index (χ1n) is 7.33. The van der Waals surface area contributed by atoms with E-state index in [1.807, 2.05) is 0 Å². The van der Waals surface area contributed by atoms with Gasteiger partial charge in [0.1, 0.15) is 6.04 Å². The number of non-ortho nitro benzene ring substituents is 1. The minimum Gasteiger partial charge on any atom is -0.480 e. The third-order valence-electron chi connectivity index (χ3n) is 4.00. The minimum absolute atomic E-state index is 0.128. The summed E-state index contributed by atoms with van der Waals surface area (Å²) in [4.78, 5) is 47.4. The molecule has 8 nitrogen and oxygen atoms in total. The van der Waals surface area contributed by atoms with E-state index in [0.29, 0.717) is 5.56 Å². The molecule has 2 aromatic carbocycles. The second-order valence-electron chi connectivity index (χ2n) is 5.51. The third kappa shape index (κ3) is 2.85. The number of nitrogens with zero attached hydrogens (tertiary/aromatic N) is 2. The maximum atomic E-state index is 12.4. The van der Waals surface area contributed by atoms with Gasteiger partial charge in [-0.2, -0.15) is 0 Å². The second kappa shape index (κ2) is 6.16. The number of carboxylic acids is 1. The molecule has 1 aliphatic rings. The Bertz CT molecular complexity index is 855. The standard InChI is InChI=1S/C17H12N2O6/c20-15-12-3-1-2-4-13(12)16(21)18(15)14(17(22)23)9-10-5-7-11(8-6-10)19(24)25/h1-8,14H,9H2,(H,22,23)/t14-/m1/s1. The van der Waals surface area contributed by atoms with Crippen LogP contribution >= 0.6 is 0 Å². The van der Waals surface area contributed by atoms with Crippen LogP contribution in [-0.4, -0.2) is 38.8 Å². The number of imide groups is 1. The highest BCUT2D eigenvalue weighted by Gasteiger charge is 2.42. The first-order valence-corrected chi connectivity index (χ1v) is 7.33. The molecule has 25 heavy (non-hydrogen) atoms. The Hall–Kier alpha value is -3.55. The van der Waals surface area contributed by atoms with Crippen LogP contribution in [0.4, 0.5) is 5.69 Å². The van der Waals surface area contributed by atoms with Gasteiger partial charge in [-0.25, -0.2) is 4.79 Å². The fourth-order valence-electron chi connectivity index (χ4n) is 2.76. The Kier molecular flexibility index (Phi) is 4.02. The molecule has 0 bridgehead atoms. The van der Waals surface area contributed by atoms with Crippen molar-refractivity contribution in [3.63, 3.8) is 0 Å². The van der Waals surface area contributed by atoms with Crippen molar-refractivity contribution in [1.29, 1.82) is 0 Å². The SMILES string of the molecule is O=C(O)[C@@H](Cc1ccc([N+](=O)[O-])cc1)N1C(=O)c2ccccc2C1=O. The number of hydrogen-bond donors (Lipinski definition) is 1. The molecule has 0 saturated carbocycles.